The van der Waals surface area contributed by atoms with Crippen LogP contribution < -0.4 is 4.90 Å². The van der Waals surface area contributed by atoms with Crippen molar-refractivity contribution >= 4 is 5.69 Å². The van der Waals surface area contributed by atoms with Crippen LogP contribution in [-0.2, 0) is 6.18 Å². The van der Waals surface area contributed by atoms with E-state index in [0.29, 0.717) is 18.2 Å². The molecule has 0 radical (unpaired) electrons. The highest BCUT2D eigenvalue weighted by Crippen LogP contribution is 2.40. The van der Waals surface area contributed by atoms with Crippen molar-refractivity contribution in [3.8, 4) is 6.07 Å². The average molecular weight is 359 g/mol. The first kappa shape index (κ1) is 18.2. The minimum Gasteiger partial charge on any atom is -0.369 e. The molecule has 2 atom stereocenters. The van der Waals surface area contributed by atoms with E-state index in [-0.39, 0.29) is 11.6 Å². The molecule has 0 spiro atoms. The first-order valence-electron chi connectivity index (χ1n) is 8.72. The number of nitrogens with zero attached hydrogens (tertiary/aromatic N) is 3. The molecule has 1 aromatic heterocycles. The molecule has 3 nitrogen and oxygen atoms in total. The van der Waals surface area contributed by atoms with Crippen molar-refractivity contribution < 1.29 is 13.2 Å². The van der Waals surface area contributed by atoms with Gasteiger partial charge in [-0.2, -0.15) is 18.4 Å². The highest BCUT2D eigenvalue weighted by Gasteiger charge is 2.35. The fraction of sp³-hybridized carbons (Fsp3) is 0.400. The van der Waals surface area contributed by atoms with E-state index in [1.165, 1.54) is 11.6 Å². The highest BCUT2D eigenvalue weighted by atomic mass is 19.4. The lowest BCUT2D eigenvalue weighted by atomic mass is 9.99. The normalized spacial score (nSPS) is 20.0. The van der Waals surface area contributed by atoms with Crippen LogP contribution in [0.1, 0.15) is 48.8 Å². The number of hydrogen-bond acceptors (Lipinski definition) is 3. The molecule has 2 aromatic rings. The van der Waals surface area contributed by atoms with Gasteiger partial charge in [0.15, 0.2) is 0 Å². The van der Waals surface area contributed by atoms with Gasteiger partial charge in [-0.3, -0.25) is 4.98 Å². The third-order valence-electron chi connectivity index (χ3n) is 5.10. The van der Waals surface area contributed by atoms with E-state index in [1.807, 2.05) is 24.1 Å². The lowest BCUT2D eigenvalue weighted by molar-refractivity contribution is -0.137. The Kier molecular flexibility index (Phi) is 5.17. The Bertz CT molecular complexity index is 796. The van der Waals surface area contributed by atoms with E-state index in [0.717, 1.165) is 25.3 Å². The first-order chi connectivity index (χ1) is 12.4. The molecule has 1 aromatic carbocycles. The zero-order valence-corrected chi connectivity index (χ0v) is 14.5. The Balaban J connectivity index is 1.85. The molecule has 3 rings (SSSR count). The lowest BCUT2D eigenvalue weighted by Gasteiger charge is -2.31. The van der Waals surface area contributed by atoms with Crippen LogP contribution >= 0.6 is 0 Å². The third kappa shape index (κ3) is 3.67. The van der Waals surface area contributed by atoms with E-state index in [4.69, 9.17) is 5.26 Å². The number of hydrogen-bond donors (Lipinski definition) is 0. The topological polar surface area (TPSA) is 39.9 Å². The minimum absolute atomic E-state index is 0.180. The molecule has 6 heteroatoms. The maximum Gasteiger partial charge on any atom is 0.417 e. The molecule has 0 amide bonds. The second kappa shape index (κ2) is 7.36. The summed E-state index contributed by atoms with van der Waals surface area (Å²) in [5, 5.41) is 8.97. The fourth-order valence-electron chi connectivity index (χ4n) is 3.86. The minimum atomic E-state index is -4.53. The number of halogens is 3. The van der Waals surface area contributed by atoms with Crippen LogP contribution in [0.4, 0.5) is 18.9 Å². The van der Waals surface area contributed by atoms with Crippen LogP contribution in [0, 0.1) is 11.3 Å². The zero-order chi connectivity index (χ0) is 18.7. The molecule has 1 heterocycles. The standard InChI is InChI=1S/C20H20F3N3/c1-2-26(17-7-5-14(10-17)16-4-3-9-25-13-16)18-8-6-15(12-24)19(11-18)20(21,22)23/h3-4,6,8-9,11,13-14,17H,2,5,7,10H2,1H3/t14-,17+/m0/s1. The molecule has 136 valence electrons. The van der Waals surface area contributed by atoms with Gasteiger partial charge in [0.05, 0.1) is 17.2 Å². The summed E-state index contributed by atoms with van der Waals surface area (Å²) in [4.78, 5) is 6.19. The van der Waals surface area contributed by atoms with E-state index in [9.17, 15) is 13.2 Å². The van der Waals surface area contributed by atoms with Crippen molar-refractivity contribution in [3.63, 3.8) is 0 Å². The van der Waals surface area contributed by atoms with Gasteiger partial charge >= 0.3 is 6.18 Å². The van der Waals surface area contributed by atoms with Crippen LogP contribution in [0.5, 0.6) is 0 Å². The SMILES string of the molecule is CCN(c1ccc(C#N)c(C(F)(F)F)c1)[C@@H]1CC[C@H](c2cccnc2)C1. The summed E-state index contributed by atoms with van der Waals surface area (Å²) in [5.41, 5.74) is 0.507. The largest absolute Gasteiger partial charge is 0.417 e. The van der Waals surface area contributed by atoms with E-state index in [2.05, 4.69) is 11.1 Å². The Hall–Kier alpha value is -2.55. The molecule has 1 aliphatic carbocycles. The van der Waals surface area contributed by atoms with Crippen molar-refractivity contribution in [2.75, 3.05) is 11.4 Å². The molecule has 26 heavy (non-hydrogen) atoms. The fourth-order valence-corrected chi connectivity index (χ4v) is 3.86. The summed E-state index contributed by atoms with van der Waals surface area (Å²) in [5.74, 6) is 0.378. The van der Waals surface area contributed by atoms with Gasteiger partial charge in [0.25, 0.3) is 0 Å². The van der Waals surface area contributed by atoms with Crippen LogP contribution in [0.15, 0.2) is 42.7 Å². The average Bonchev–Trinajstić information content (AvgIpc) is 3.12. The van der Waals surface area contributed by atoms with Crippen LogP contribution in [0.3, 0.4) is 0 Å². The zero-order valence-electron chi connectivity index (χ0n) is 14.5. The molecule has 1 fully saturated rings. The predicted molar refractivity (Wildman–Crippen MR) is 93.8 cm³/mol. The molecule has 0 unspecified atom stereocenters. The number of anilines is 1. The monoisotopic (exact) mass is 359 g/mol. The maximum absolute atomic E-state index is 13.3. The summed E-state index contributed by atoms with van der Waals surface area (Å²) in [7, 11) is 0. The van der Waals surface area contributed by atoms with Crippen LogP contribution in [0.25, 0.3) is 0 Å². The van der Waals surface area contributed by atoms with Gasteiger partial charge in [-0.15, -0.1) is 0 Å². The molecule has 0 bridgehead atoms. The van der Waals surface area contributed by atoms with Crippen molar-refractivity contribution in [2.24, 2.45) is 0 Å². The van der Waals surface area contributed by atoms with Gasteiger partial charge in [0, 0.05) is 30.7 Å². The summed E-state index contributed by atoms with van der Waals surface area (Å²) in [6, 6.07) is 9.79. The van der Waals surface area contributed by atoms with Crippen molar-refractivity contribution in [1.29, 1.82) is 5.26 Å². The summed E-state index contributed by atoms with van der Waals surface area (Å²) < 4.78 is 39.8. The van der Waals surface area contributed by atoms with Crippen molar-refractivity contribution in [2.45, 2.75) is 44.3 Å². The van der Waals surface area contributed by atoms with Gasteiger partial charge in [-0.05, 0) is 61.9 Å². The molecule has 0 aliphatic heterocycles. The van der Waals surface area contributed by atoms with Gasteiger partial charge < -0.3 is 4.90 Å². The second-order valence-corrected chi connectivity index (χ2v) is 6.58. The third-order valence-corrected chi connectivity index (χ3v) is 5.10. The summed E-state index contributed by atoms with van der Waals surface area (Å²) in [6.45, 7) is 2.57. The molecule has 0 N–H and O–H groups in total. The van der Waals surface area contributed by atoms with Crippen molar-refractivity contribution in [3.05, 3.63) is 59.4 Å². The Labute approximate surface area is 151 Å². The number of benzene rings is 1. The molecular formula is C20H20F3N3. The number of rotatable bonds is 4. The summed E-state index contributed by atoms with van der Waals surface area (Å²) in [6.07, 6.45) is 1.88. The highest BCUT2D eigenvalue weighted by molar-refractivity contribution is 5.55. The number of alkyl halides is 3. The second-order valence-electron chi connectivity index (χ2n) is 6.58. The number of aromatic nitrogens is 1. The van der Waals surface area contributed by atoms with E-state index in [1.54, 1.807) is 18.3 Å². The lowest BCUT2D eigenvalue weighted by Crippen LogP contribution is -2.33. The maximum atomic E-state index is 13.3. The predicted octanol–water partition coefficient (Wildman–Crippen LogP) is 5.13. The van der Waals surface area contributed by atoms with Gasteiger partial charge in [0.1, 0.15) is 0 Å². The Morgan fingerprint density at radius 2 is 2.08 bits per heavy atom. The quantitative estimate of drug-likeness (QED) is 0.759. The molecule has 1 aliphatic rings. The van der Waals surface area contributed by atoms with Crippen LogP contribution in [-0.4, -0.2) is 17.6 Å². The smallest absolute Gasteiger partial charge is 0.369 e. The van der Waals surface area contributed by atoms with Gasteiger partial charge in [-0.25, -0.2) is 0 Å². The van der Waals surface area contributed by atoms with E-state index < -0.39 is 11.7 Å². The van der Waals surface area contributed by atoms with Gasteiger partial charge in [0.2, 0.25) is 0 Å². The van der Waals surface area contributed by atoms with E-state index >= 15 is 0 Å². The van der Waals surface area contributed by atoms with Gasteiger partial charge in [-0.1, -0.05) is 6.07 Å². The Morgan fingerprint density at radius 1 is 1.27 bits per heavy atom. The van der Waals surface area contributed by atoms with Crippen molar-refractivity contribution in [1.82, 2.24) is 4.98 Å². The number of pyridine rings is 1. The summed E-state index contributed by atoms with van der Waals surface area (Å²) >= 11 is 0. The molecule has 0 saturated heterocycles. The first-order valence-corrected chi connectivity index (χ1v) is 8.72. The Morgan fingerprint density at radius 3 is 2.69 bits per heavy atom. The van der Waals surface area contributed by atoms with Crippen LogP contribution in [0.2, 0.25) is 0 Å². The molecular weight excluding hydrogens is 339 g/mol. The number of nitriles is 1. The molecule has 1 saturated carbocycles.